The van der Waals surface area contributed by atoms with Gasteiger partial charge in [0.25, 0.3) is 0 Å². The minimum Gasteiger partial charge on any atom is -0.346 e. The Morgan fingerprint density at radius 3 is 2.90 bits per heavy atom. The molecular weight excluding hydrogens is 284 g/mol. The van der Waals surface area contributed by atoms with E-state index in [0.717, 1.165) is 46.6 Å². The molecule has 6 heteroatoms. The lowest BCUT2D eigenvalue weighted by molar-refractivity contribution is -0.129. The van der Waals surface area contributed by atoms with Crippen LogP contribution in [0.15, 0.2) is 6.20 Å². The number of nitrogens with zero attached hydrogens (tertiary/aromatic N) is 3. The molecule has 0 aliphatic carbocycles. The van der Waals surface area contributed by atoms with Crippen LogP contribution in [-0.4, -0.2) is 38.8 Å². The number of hydrogen-bond donors (Lipinski definition) is 1. The summed E-state index contributed by atoms with van der Waals surface area (Å²) < 4.78 is 0. The monoisotopic (exact) mass is 304 g/mol. The minimum absolute atomic E-state index is 0.201. The van der Waals surface area contributed by atoms with Gasteiger partial charge in [0.1, 0.15) is 5.82 Å². The summed E-state index contributed by atoms with van der Waals surface area (Å²) in [5, 5.41) is 1.03. The standard InChI is InChI=1S/C15H20N4OS/c1-9-7-16-15(17-9)12-4-5-19(8-12)14(20)6-13-10(2)18-11(3)21-13/h7,12H,4-6,8H2,1-3H3,(H,16,17)/t12-/m0/s1. The first-order chi connectivity index (χ1) is 10.0. The Labute approximate surface area is 128 Å². The lowest BCUT2D eigenvalue weighted by Gasteiger charge is -2.15. The molecule has 3 rings (SSSR count). The molecule has 0 unspecified atom stereocenters. The number of aromatic nitrogens is 3. The number of aromatic amines is 1. The second-order valence-corrected chi connectivity index (χ2v) is 6.98. The zero-order valence-corrected chi connectivity index (χ0v) is 13.5. The fraction of sp³-hybridized carbons (Fsp3) is 0.533. The van der Waals surface area contributed by atoms with Gasteiger partial charge in [-0.15, -0.1) is 11.3 Å². The van der Waals surface area contributed by atoms with Crippen molar-refractivity contribution in [3.8, 4) is 0 Å². The Morgan fingerprint density at radius 1 is 1.48 bits per heavy atom. The highest BCUT2D eigenvalue weighted by Crippen LogP contribution is 2.26. The topological polar surface area (TPSA) is 61.9 Å². The number of carbonyl (C=O) groups excluding carboxylic acids is 1. The van der Waals surface area contributed by atoms with Crippen LogP contribution in [0.5, 0.6) is 0 Å². The van der Waals surface area contributed by atoms with Crippen LogP contribution < -0.4 is 0 Å². The van der Waals surface area contributed by atoms with E-state index >= 15 is 0 Å². The van der Waals surface area contributed by atoms with Crippen molar-refractivity contribution < 1.29 is 4.79 Å². The second-order valence-electron chi connectivity index (χ2n) is 5.70. The van der Waals surface area contributed by atoms with E-state index in [-0.39, 0.29) is 5.91 Å². The highest BCUT2D eigenvalue weighted by atomic mass is 32.1. The number of thiazole rings is 1. The van der Waals surface area contributed by atoms with E-state index in [1.807, 2.05) is 31.9 Å². The van der Waals surface area contributed by atoms with Gasteiger partial charge in [0, 0.05) is 35.8 Å². The van der Waals surface area contributed by atoms with Gasteiger partial charge in [0.2, 0.25) is 5.91 Å². The van der Waals surface area contributed by atoms with E-state index in [0.29, 0.717) is 12.3 Å². The Hall–Kier alpha value is -1.69. The summed E-state index contributed by atoms with van der Waals surface area (Å²) in [6, 6.07) is 0. The fourth-order valence-electron chi connectivity index (χ4n) is 2.84. The number of nitrogens with one attached hydrogen (secondary N) is 1. The van der Waals surface area contributed by atoms with Crippen LogP contribution in [0.1, 0.15) is 39.4 Å². The number of hydrogen-bond acceptors (Lipinski definition) is 4. The van der Waals surface area contributed by atoms with Gasteiger partial charge >= 0.3 is 0 Å². The molecule has 1 N–H and O–H groups in total. The summed E-state index contributed by atoms with van der Waals surface area (Å²) in [6.45, 7) is 7.55. The van der Waals surface area contributed by atoms with Crippen LogP contribution in [0.4, 0.5) is 0 Å². The maximum atomic E-state index is 12.4. The average molecular weight is 304 g/mol. The molecule has 3 heterocycles. The van der Waals surface area contributed by atoms with Gasteiger partial charge < -0.3 is 9.88 Å². The molecule has 5 nitrogen and oxygen atoms in total. The number of likely N-dealkylation sites (tertiary alicyclic amines) is 1. The van der Waals surface area contributed by atoms with Gasteiger partial charge in [-0.25, -0.2) is 9.97 Å². The van der Waals surface area contributed by atoms with Gasteiger partial charge in [-0.2, -0.15) is 0 Å². The van der Waals surface area contributed by atoms with Crippen molar-refractivity contribution in [1.29, 1.82) is 0 Å². The predicted octanol–water partition coefficient (Wildman–Crippen LogP) is 2.35. The smallest absolute Gasteiger partial charge is 0.227 e. The number of imidazole rings is 1. The van der Waals surface area contributed by atoms with Crippen molar-refractivity contribution in [3.63, 3.8) is 0 Å². The fourth-order valence-corrected chi connectivity index (χ4v) is 3.77. The Balaban J connectivity index is 1.63. The molecule has 1 amide bonds. The van der Waals surface area contributed by atoms with Crippen molar-refractivity contribution in [1.82, 2.24) is 19.9 Å². The van der Waals surface area contributed by atoms with E-state index < -0.39 is 0 Å². The predicted molar refractivity (Wildman–Crippen MR) is 82.6 cm³/mol. The summed E-state index contributed by atoms with van der Waals surface area (Å²) in [5.41, 5.74) is 2.06. The van der Waals surface area contributed by atoms with Crippen molar-refractivity contribution in [3.05, 3.63) is 33.3 Å². The van der Waals surface area contributed by atoms with E-state index in [1.165, 1.54) is 0 Å². The molecule has 0 spiro atoms. The molecule has 0 radical (unpaired) electrons. The van der Waals surface area contributed by atoms with E-state index in [4.69, 9.17) is 0 Å². The quantitative estimate of drug-likeness (QED) is 0.947. The number of rotatable bonds is 3. The molecule has 2 aromatic heterocycles. The van der Waals surface area contributed by atoms with E-state index in [9.17, 15) is 4.79 Å². The Morgan fingerprint density at radius 2 is 2.29 bits per heavy atom. The Kier molecular flexibility index (Phi) is 3.80. The summed E-state index contributed by atoms with van der Waals surface area (Å²) >= 11 is 1.62. The normalized spacial score (nSPS) is 18.4. The first-order valence-electron chi connectivity index (χ1n) is 7.25. The Bertz CT molecular complexity index is 660. The highest BCUT2D eigenvalue weighted by Gasteiger charge is 2.29. The lowest BCUT2D eigenvalue weighted by Crippen LogP contribution is -2.29. The van der Waals surface area contributed by atoms with Crippen LogP contribution in [0.3, 0.4) is 0 Å². The molecule has 0 aromatic carbocycles. The molecule has 21 heavy (non-hydrogen) atoms. The summed E-state index contributed by atoms with van der Waals surface area (Å²) in [6.07, 6.45) is 3.31. The number of amides is 1. The van der Waals surface area contributed by atoms with Crippen LogP contribution in [0, 0.1) is 20.8 Å². The van der Waals surface area contributed by atoms with E-state index in [1.54, 1.807) is 11.3 Å². The van der Waals surface area contributed by atoms with Crippen molar-refractivity contribution in [2.24, 2.45) is 0 Å². The number of H-pyrrole nitrogens is 1. The first kappa shape index (κ1) is 14.3. The molecule has 1 aliphatic heterocycles. The lowest BCUT2D eigenvalue weighted by atomic mass is 10.1. The van der Waals surface area contributed by atoms with Gasteiger partial charge in [-0.1, -0.05) is 0 Å². The van der Waals surface area contributed by atoms with Gasteiger partial charge in [-0.05, 0) is 27.2 Å². The summed E-state index contributed by atoms with van der Waals surface area (Å²) in [4.78, 5) is 27.5. The van der Waals surface area contributed by atoms with Crippen molar-refractivity contribution in [2.75, 3.05) is 13.1 Å². The molecule has 112 valence electrons. The van der Waals surface area contributed by atoms with Crippen LogP contribution in [0.2, 0.25) is 0 Å². The zero-order chi connectivity index (χ0) is 15.0. The maximum absolute atomic E-state index is 12.4. The van der Waals surface area contributed by atoms with Crippen LogP contribution >= 0.6 is 11.3 Å². The maximum Gasteiger partial charge on any atom is 0.227 e. The SMILES string of the molecule is Cc1cnc([C@H]2CCN(C(=O)Cc3sc(C)nc3C)C2)[nH]1. The number of carbonyl (C=O) groups is 1. The van der Waals surface area contributed by atoms with Crippen molar-refractivity contribution in [2.45, 2.75) is 39.5 Å². The van der Waals surface area contributed by atoms with Crippen LogP contribution in [0.25, 0.3) is 0 Å². The van der Waals surface area contributed by atoms with Gasteiger partial charge in [-0.3, -0.25) is 4.79 Å². The molecule has 2 aromatic rings. The molecule has 0 bridgehead atoms. The third kappa shape index (κ3) is 3.00. The van der Waals surface area contributed by atoms with Crippen LogP contribution in [-0.2, 0) is 11.2 Å². The highest BCUT2D eigenvalue weighted by molar-refractivity contribution is 7.11. The third-order valence-electron chi connectivity index (χ3n) is 3.96. The molecule has 1 fully saturated rings. The molecule has 1 saturated heterocycles. The second kappa shape index (κ2) is 5.60. The van der Waals surface area contributed by atoms with E-state index in [2.05, 4.69) is 15.0 Å². The average Bonchev–Trinajstić information content (AvgIpc) is 3.11. The third-order valence-corrected chi connectivity index (χ3v) is 5.03. The van der Waals surface area contributed by atoms with Gasteiger partial charge in [0.05, 0.1) is 17.1 Å². The molecular formula is C15H20N4OS. The molecule has 1 aliphatic rings. The first-order valence-corrected chi connectivity index (χ1v) is 8.06. The zero-order valence-electron chi connectivity index (χ0n) is 12.6. The minimum atomic E-state index is 0.201. The largest absolute Gasteiger partial charge is 0.346 e. The summed E-state index contributed by atoms with van der Waals surface area (Å²) in [5.74, 6) is 1.55. The summed E-state index contributed by atoms with van der Waals surface area (Å²) in [7, 11) is 0. The van der Waals surface area contributed by atoms with Crippen molar-refractivity contribution >= 4 is 17.2 Å². The molecule has 1 atom stereocenters. The van der Waals surface area contributed by atoms with Gasteiger partial charge in [0.15, 0.2) is 0 Å². The number of aryl methyl sites for hydroxylation is 3. The molecule has 0 saturated carbocycles.